The van der Waals surface area contributed by atoms with Crippen molar-refractivity contribution in [1.29, 1.82) is 0 Å². The zero-order valence-corrected chi connectivity index (χ0v) is 11.1. The second kappa shape index (κ2) is 7.65. The smallest absolute Gasteiger partial charge is 0.406 e. The normalized spacial score (nSPS) is 12.2. The highest BCUT2D eigenvalue weighted by molar-refractivity contribution is 5.40. The van der Waals surface area contributed by atoms with E-state index in [1.165, 1.54) is 6.07 Å². The minimum atomic E-state index is -0.715. The molecule has 1 unspecified atom stereocenters. The molecular weight excluding hydrogens is 250 g/mol. The maximum absolute atomic E-state index is 10.8. The summed E-state index contributed by atoms with van der Waals surface area (Å²) in [5.74, 6) is -0.251. The van der Waals surface area contributed by atoms with Gasteiger partial charge in [-0.25, -0.2) is 0 Å². The number of pyridine rings is 1. The second-order valence-electron chi connectivity index (χ2n) is 4.20. The van der Waals surface area contributed by atoms with Crippen LogP contribution in [-0.2, 0) is 0 Å². The molecule has 1 heterocycles. The molecule has 1 aromatic rings. The van der Waals surface area contributed by atoms with Crippen LogP contribution in [0, 0.1) is 17.0 Å². The van der Waals surface area contributed by atoms with Gasteiger partial charge in [0.2, 0.25) is 5.75 Å². The van der Waals surface area contributed by atoms with Crippen LogP contribution in [0.2, 0.25) is 0 Å². The Bertz CT molecular complexity index is 425. The standard InChI is InChI=1S/C12H19N3O4/c1-3-6-13-7-10(16)8-19-11-5-4-9(2)14-12(11)15(17)18/h4-5,10,13,16H,3,6-8H2,1-2H3. The number of nitrogens with zero attached hydrogens (tertiary/aromatic N) is 2. The van der Waals surface area contributed by atoms with Crippen molar-refractivity contribution in [2.24, 2.45) is 0 Å². The third-order valence-electron chi connectivity index (χ3n) is 2.39. The molecule has 0 fully saturated rings. The molecule has 0 aromatic carbocycles. The van der Waals surface area contributed by atoms with E-state index in [2.05, 4.69) is 10.3 Å². The summed E-state index contributed by atoms with van der Waals surface area (Å²) >= 11 is 0. The maximum atomic E-state index is 10.8. The van der Waals surface area contributed by atoms with Crippen LogP contribution in [0.15, 0.2) is 12.1 Å². The van der Waals surface area contributed by atoms with Crippen LogP contribution in [0.4, 0.5) is 5.82 Å². The molecule has 2 N–H and O–H groups in total. The molecule has 106 valence electrons. The lowest BCUT2D eigenvalue weighted by Gasteiger charge is -2.12. The number of aromatic nitrogens is 1. The summed E-state index contributed by atoms with van der Waals surface area (Å²) in [7, 11) is 0. The van der Waals surface area contributed by atoms with Gasteiger partial charge in [-0.3, -0.25) is 0 Å². The average molecular weight is 269 g/mol. The number of nitro groups is 1. The molecule has 0 amide bonds. The molecule has 0 aliphatic carbocycles. The number of hydrogen-bond acceptors (Lipinski definition) is 6. The first-order valence-corrected chi connectivity index (χ1v) is 6.18. The van der Waals surface area contributed by atoms with Crippen molar-refractivity contribution >= 4 is 5.82 Å². The molecule has 0 bridgehead atoms. The van der Waals surface area contributed by atoms with Crippen LogP contribution in [0.3, 0.4) is 0 Å². The van der Waals surface area contributed by atoms with Crippen molar-refractivity contribution in [2.75, 3.05) is 19.7 Å². The first kappa shape index (κ1) is 15.3. The molecule has 0 spiro atoms. The highest BCUT2D eigenvalue weighted by Gasteiger charge is 2.18. The van der Waals surface area contributed by atoms with E-state index in [-0.39, 0.29) is 18.2 Å². The van der Waals surface area contributed by atoms with Crippen molar-refractivity contribution in [3.05, 3.63) is 27.9 Å². The fourth-order valence-electron chi connectivity index (χ4n) is 1.46. The van der Waals surface area contributed by atoms with E-state index < -0.39 is 11.0 Å². The van der Waals surface area contributed by atoms with Crippen LogP contribution in [0.5, 0.6) is 5.75 Å². The highest BCUT2D eigenvalue weighted by Crippen LogP contribution is 2.24. The zero-order chi connectivity index (χ0) is 14.3. The molecule has 19 heavy (non-hydrogen) atoms. The summed E-state index contributed by atoms with van der Waals surface area (Å²) in [4.78, 5) is 14.0. The van der Waals surface area contributed by atoms with Crippen molar-refractivity contribution in [3.8, 4) is 5.75 Å². The van der Waals surface area contributed by atoms with Crippen molar-refractivity contribution in [1.82, 2.24) is 10.3 Å². The van der Waals surface area contributed by atoms with E-state index in [1.807, 2.05) is 6.92 Å². The Morgan fingerprint density at radius 1 is 1.58 bits per heavy atom. The number of hydrogen-bond donors (Lipinski definition) is 2. The number of aliphatic hydroxyl groups excluding tert-OH is 1. The van der Waals surface area contributed by atoms with E-state index in [0.29, 0.717) is 12.2 Å². The van der Waals surface area contributed by atoms with Crippen molar-refractivity contribution in [3.63, 3.8) is 0 Å². The number of ether oxygens (including phenoxy) is 1. The molecule has 1 atom stereocenters. The van der Waals surface area contributed by atoms with E-state index >= 15 is 0 Å². The van der Waals surface area contributed by atoms with Gasteiger partial charge in [0.05, 0.1) is 0 Å². The monoisotopic (exact) mass is 269 g/mol. The van der Waals surface area contributed by atoms with Crippen LogP contribution >= 0.6 is 0 Å². The number of nitrogens with one attached hydrogen (secondary N) is 1. The van der Waals surface area contributed by atoms with E-state index in [4.69, 9.17) is 4.74 Å². The lowest BCUT2D eigenvalue weighted by atomic mass is 10.3. The molecule has 0 radical (unpaired) electrons. The molecule has 7 nitrogen and oxygen atoms in total. The molecule has 0 saturated carbocycles. The molecular formula is C12H19N3O4. The molecule has 7 heteroatoms. The third kappa shape index (κ3) is 5.19. The summed E-state index contributed by atoms with van der Waals surface area (Å²) in [6, 6.07) is 3.12. The van der Waals surface area contributed by atoms with Crippen LogP contribution in [0.25, 0.3) is 0 Å². The van der Waals surface area contributed by atoms with Gasteiger partial charge in [0.25, 0.3) is 0 Å². The summed E-state index contributed by atoms with van der Waals surface area (Å²) in [6.07, 6.45) is 0.258. The van der Waals surface area contributed by atoms with Gasteiger partial charge in [0.15, 0.2) is 0 Å². The predicted octanol–water partition coefficient (Wildman–Crippen LogP) is 1.04. The molecule has 0 saturated heterocycles. The Labute approximate surface area is 111 Å². The minimum absolute atomic E-state index is 0.0116. The largest absolute Gasteiger partial charge is 0.483 e. The van der Waals surface area contributed by atoms with E-state index in [0.717, 1.165) is 13.0 Å². The summed E-state index contributed by atoms with van der Waals surface area (Å²) in [6.45, 7) is 4.88. The van der Waals surface area contributed by atoms with Crippen molar-refractivity contribution < 1.29 is 14.8 Å². The van der Waals surface area contributed by atoms with Crippen LogP contribution < -0.4 is 10.1 Å². The summed E-state index contributed by atoms with van der Waals surface area (Å²) in [5, 5.41) is 23.5. The van der Waals surface area contributed by atoms with Gasteiger partial charge in [-0.15, -0.1) is 0 Å². The van der Waals surface area contributed by atoms with Crippen molar-refractivity contribution in [2.45, 2.75) is 26.4 Å². The maximum Gasteiger partial charge on any atom is 0.406 e. The second-order valence-corrected chi connectivity index (χ2v) is 4.20. The Balaban J connectivity index is 2.55. The molecule has 0 aliphatic rings. The van der Waals surface area contributed by atoms with Gasteiger partial charge < -0.3 is 25.3 Å². The molecule has 1 rings (SSSR count). The van der Waals surface area contributed by atoms with Crippen LogP contribution in [0.1, 0.15) is 19.0 Å². The third-order valence-corrected chi connectivity index (χ3v) is 2.39. The Kier molecular flexibility index (Phi) is 6.17. The first-order chi connectivity index (χ1) is 9.04. The number of aliphatic hydroxyl groups is 1. The lowest BCUT2D eigenvalue weighted by molar-refractivity contribution is -0.390. The highest BCUT2D eigenvalue weighted by atomic mass is 16.6. The topological polar surface area (TPSA) is 97.5 Å². The van der Waals surface area contributed by atoms with E-state index in [9.17, 15) is 15.2 Å². The molecule has 1 aromatic heterocycles. The van der Waals surface area contributed by atoms with Gasteiger partial charge in [0, 0.05) is 13.5 Å². The van der Waals surface area contributed by atoms with Crippen LogP contribution in [-0.4, -0.2) is 40.8 Å². The van der Waals surface area contributed by atoms with Gasteiger partial charge in [0.1, 0.15) is 18.4 Å². The van der Waals surface area contributed by atoms with Gasteiger partial charge >= 0.3 is 5.82 Å². The zero-order valence-electron chi connectivity index (χ0n) is 11.1. The number of aryl methyl sites for hydroxylation is 1. The Morgan fingerprint density at radius 2 is 2.32 bits per heavy atom. The fraction of sp³-hybridized carbons (Fsp3) is 0.583. The van der Waals surface area contributed by atoms with E-state index in [1.54, 1.807) is 13.0 Å². The quantitative estimate of drug-likeness (QED) is 0.415. The van der Waals surface area contributed by atoms with Gasteiger partial charge in [-0.2, -0.15) is 0 Å². The summed E-state index contributed by atoms with van der Waals surface area (Å²) in [5.41, 5.74) is 0.546. The summed E-state index contributed by atoms with van der Waals surface area (Å²) < 4.78 is 5.25. The molecule has 0 aliphatic heterocycles. The fourth-order valence-corrected chi connectivity index (χ4v) is 1.46. The predicted molar refractivity (Wildman–Crippen MR) is 70.3 cm³/mol. The lowest BCUT2D eigenvalue weighted by Crippen LogP contribution is -2.31. The van der Waals surface area contributed by atoms with Gasteiger partial charge in [-0.1, -0.05) is 6.92 Å². The Hall–Kier alpha value is -1.73. The average Bonchev–Trinajstić information content (AvgIpc) is 2.37. The van der Waals surface area contributed by atoms with Gasteiger partial charge in [-0.05, 0) is 35.0 Å². The Morgan fingerprint density at radius 3 is 2.95 bits per heavy atom. The SMILES string of the molecule is CCCNCC(O)COc1ccc(C)nc1[N+](=O)[O-]. The minimum Gasteiger partial charge on any atom is -0.483 e. The number of rotatable bonds is 8. The first-order valence-electron chi connectivity index (χ1n) is 6.18.